The topological polar surface area (TPSA) is 86.5 Å². The standard InChI is InChI=1S/C16H16N6O2/c1-23-14-9-8-12(15(10-14)24-2)11-17-22-16(19-20-21-22)18-13-6-4-3-5-7-13/h3-11H,1-2H3,(H,18,19,21). The lowest BCUT2D eigenvalue weighted by atomic mass is 10.2. The number of rotatable bonds is 6. The SMILES string of the molecule is COc1ccc(C=Nn2nnnc2Nc2ccccc2)c(OC)c1. The van der Waals surface area contributed by atoms with Gasteiger partial charge in [0.15, 0.2) is 0 Å². The molecule has 0 bridgehead atoms. The van der Waals surface area contributed by atoms with Crippen molar-refractivity contribution >= 4 is 17.9 Å². The van der Waals surface area contributed by atoms with Crippen LogP contribution in [0.25, 0.3) is 0 Å². The van der Waals surface area contributed by atoms with Crippen LogP contribution in [0, 0.1) is 0 Å². The van der Waals surface area contributed by atoms with Gasteiger partial charge in [0.25, 0.3) is 5.95 Å². The van der Waals surface area contributed by atoms with Crippen molar-refractivity contribution < 1.29 is 9.47 Å². The Morgan fingerprint density at radius 1 is 1.08 bits per heavy atom. The number of nitrogens with zero attached hydrogens (tertiary/aromatic N) is 5. The van der Waals surface area contributed by atoms with Gasteiger partial charge < -0.3 is 14.8 Å². The number of anilines is 2. The summed E-state index contributed by atoms with van der Waals surface area (Å²) in [6, 6.07) is 15.0. The Morgan fingerprint density at radius 2 is 1.92 bits per heavy atom. The summed E-state index contributed by atoms with van der Waals surface area (Å²) in [5.74, 6) is 1.76. The summed E-state index contributed by atoms with van der Waals surface area (Å²) in [5, 5.41) is 18.8. The first-order valence-corrected chi connectivity index (χ1v) is 7.17. The zero-order valence-electron chi connectivity index (χ0n) is 13.2. The third-order valence-electron chi connectivity index (χ3n) is 3.23. The Bertz CT molecular complexity index is 832. The molecule has 0 radical (unpaired) electrons. The fourth-order valence-corrected chi connectivity index (χ4v) is 2.03. The summed E-state index contributed by atoms with van der Waals surface area (Å²) in [6.45, 7) is 0. The quantitative estimate of drug-likeness (QED) is 0.700. The summed E-state index contributed by atoms with van der Waals surface area (Å²) >= 11 is 0. The van der Waals surface area contributed by atoms with Gasteiger partial charge in [-0.2, -0.15) is 5.10 Å². The van der Waals surface area contributed by atoms with E-state index in [1.165, 1.54) is 4.79 Å². The summed E-state index contributed by atoms with van der Waals surface area (Å²) in [7, 11) is 3.19. The Hall–Kier alpha value is -3.42. The number of hydrogen-bond acceptors (Lipinski definition) is 7. The third-order valence-corrected chi connectivity index (χ3v) is 3.23. The number of ether oxygens (including phenoxy) is 2. The Morgan fingerprint density at radius 3 is 2.67 bits per heavy atom. The zero-order valence-corrected chi connectivity index (χ0v) is 13.2. The first kappa shape index (κ1) is 15.5. The minimum Gasteiger partial charge on any atom is -0.497 e. The van der Waals surface area contributed by atoms with Crippen molar-refractivity contribution in [2.45, 2.75) is 0 Å². The lowest BCUT2D eigenvalue weighted by Gasteiger charge is -2.07. The predicted molar refractivity (Wildman–Crippen MR) is 90.1 cm³/mol. The van der Waals surface area contributed by atoms with Crippen LogP contribution in [0.2, 0.25) is 0 Å². The maximum absolute atomic E-state index is 5.34. The Labute approximate surface area is 138 Å². The van der Waals surface area contributed by atoms with Gasteiger partial charge in [0.1, 0.15) is 11.5 Å². The van der Waals surface area contributed by atoms with E-state index in [0.717, 1.165) is 11.3 Å². The van der Waals surface area contributed by atoms with E-state index in [1.54, 1.807) is 26.5 Å². The van der Waals surface area contributed by atoms with Gasteiger partial charge in [0, 0.05) is 17.3 Å². The van der Waals surface area contributed by atoms with E-state index in [1.807, 2.05) is 42.5 Å². The van der Waals surface area contributed by atoms with Gasteiger partial charge in [-0.1, -0.05) is 28.1 Å². The van der Waals surface area contributed by atoms with Crippen molar-refractivity contribution in [1.29, 1.82) is 0 Å². The van der Waals surface area contributed by atoms with Crippen molar-refractivity contribution in [2.75, 3.05) is 19.5 Å². The molecule has 0 saturated heterocycles. The Balaban J connectivity index is 1.82. The Kier molecular flexibility index (Phi) is 4.66. The maximum Gasteiger partial charge on any atom is 0.269 e. The number of benzene rings is 2. The maximum atomic E-state index is 5.34. The molecule has 122 valence electrons. The van der Waals surface area contributed by atoms with Crippen LogP contribution >= 0.6 is 0 Å². The second kappa shape index (κ2) is 7.23. The highest BCUT2D eigenvalue weighted by atomic mass is 16.5. The highest BCUT2D eigenvalue weighted by molar-refractivity contribution is 5.84. The molecule has 0 atom stereocenters. The predicted octanol–water partition coefficient (Wildman–Crippen LogP) is 2.32. The molecule has 3 rings (SSSR count). The molecule has 3 aromatic rings. The molecule has 0 saturated carbocycles. The molecule has 0 amide bonds. The second-order valence-electron chi connectivity index (χ2n) is 4.74. The van der Waals surface area contributed by atoms with E-state index >= 15 is 0 Å². The van der Waals surface area contributed by atoms with E-state index < -0.39 is 0 Å². The van der Waals surface area contributed by atoms with E-state index in [2.05, 4.69) is 25.9 Å². The third kappa shape index (κ3) is 3.49. The first-order valence-electron chi connectivity index (χ1n) is 7.17. The van der Waals surface area contributed by atoms with Gasteiger partial charge in [-0.15, -0.1) is 0 Å². The second-order valence-corrected chi connectivity index (χ2v) is 4.74. The first-order chi connectivity index (χ1) is 11.8. The lowest BCUT2D eigenvalue weighted by molar-refractivity contribution is 0.394. The largest absolute Gasteiger partial charge is 0.497 e. The average Bonchev–Trinajstić information content (AvgIpc) is 3.07. The summed E-state index contributed by atoms with van der Waals surface area (Å²) in [4.78, 5) is 1.30. The number of nitrogens with one attached hydrogen (secondary N) is 1. The molecular weight excluding hydrogens is 308 g/mol. The number of tetrazole rings is 1. The number of para-hydroxylation sites is 1. The molecule has 0 aliphatic rings. The lowest BCUT2D eigenvalue weighted by Crippen LogP contribution is -2.01. The van der Waals surface area contributed by atoms with E-state index in [9.17, 15) is 0 Å². The van der Waals surface area contributed by atoms with Gasteiger partial charge in [0.05, 0.1) is 20.4 Å². The molecule has 0 aliphatic heterocycles. The molecule has 1 heterocycles. The number of aromatic nitrogens is 4. The van der Waals surface area contributed by atoms with Crippen molar-refractivity contribution in [3.8, 4) is 11.5 Å². The molecule has 24 heavy (non-hydrogen) atoms. The van der Waals surface area contributed by atoms with Crippen LogP contribution in [0.3, 0.4) is 0 Å². The van der Waals surface area contributed by atoms with Crippen LogP contribution < -0.4 is 14.8 Å². The highest BCUT2D eigenvalue weighted by Gasteiger charge is 2.06. The fraction of sp³-hybridized carbons (Fsp3) is 0.125. The highest BCUT2D eigenvalue weighted by Crippen LogP contribution is 2.23. The van der Waals surface area contributed by atoms with Crippen LogP contribution in [0.4, 0.5) is 11.6 Å². The summed E-state index contributed by atoms with van der Waals surface area (Å²) < 4.78 is 10.5. The monoisotopic (exact) mass is 324 g/mol. The van der Waals surface area contributed by atoms with Crippen molar-refractivity contribution in [3.63, 3.8) is 0 Å². The average molecular weight is 324 g/mol. The molecule has 0 aliphatic carbocycles. The van der Waals surface area contributed by atoms with Gasteiger partial charge in [-0.3, -0.25) is 0 Å². The molecule has 2 aromatic carbocycles. The molecule has 8 nitrogen and oxygen atoms in total. The van der Waals surface area contributed by atoms with Gasteiger partial charge in [-0.05, 0) is 34.7 Å². The molecule has 1 aromatic heterocycles. The minimum atomic E-state index is 0.407. The van der Waals surface area contributed by atoms with Crippen LogP contribution in [-0.2, 0) is 0 Å². The van der Waals surface area contributed by atoms with Gasteiger partial charge >= 0.3 is 0 Å². The summed E-state index contributed by atoms with van der Waals surface area (Å²) in [5.41, 5.74) is 1.64. The van der Waals surface area contributed by atoms with Crippen molar-refractivity contribution in [3.05, 3.63) is 54.1 Å². The van der Waals surface area contributed by atoms with Crippen molar-refractivity contribution in [1.82, 2.24) is 20.3 Å². The molecule has 0 spiro atoms. The van der Waals surface area contributed by atoms with Crippen LogP contribution in [-0.4, -0.2) is 40.8 Å². The summed E-state index contributed by atoms with van der Waals surface area (Å²) in [6.07, 6.45) is 1.62. The number of methoxy groups -OCH3 is 2. The van der Waals surface area contributed by atoms with Crippen LogP contribution in [0.5, 0.6) is 11.5 Å². The molecule has 0 unspecified atom stereocenters. The zero-order chi connectivity index (χ0) is 16.8. The van der Waals surface area contributed by atoms with Gasteiger partial charge in [-0.25, -0.2) is 0 Å². The normalized spacial score (nSPS) is 10.8. The van der Waals surface area contributed by atoms with Crippen LogP contribution in [0.15, 0.2) is 53.6 Å². The van der Waals surface area contributed by atoms with E-state index in [0.29, 0.717) is 17.4 Å². The molecule has 1 N–H and O–H groups in total. The van der Waals surface area contributed by atoms with E-state index in [-0.39, 0.29) is 0 Å². The minimum absolute atomic E-state index is 0.407. The van der Waals surface area contributed by atoms with E-state index in [4.69, 9.17) is 9.47 Å². The fourth-order valence-electron chi connectivity index (χ4n) is 2.03. The van der Waals surface area contributed by atoms with Crippen molar-refractivity contribution in [2.24, 2.45) is 5.10 Å². The molecule has 0 fully saturated rings. The number of hydrogen-bond donors (Lipinski definition) is 1. The molecular formula is C16H16N6O2. The van der Waals surface area contributed by atoms with Crippen LogP contribution in [0.1, 0.15) is 5.56 Å². The van der Waals surface area contributed by atoms with Gasteiger partial charge in [0.2, 0.25) is 0 Å². The smallest absolute Gasteiger partial charge is 0.269 e. The molecule has 8 heteroatoms.